The van der Waals surface area contributed by atoms with Gasteiger partial charge in [0, 0.05) is 6.42 Å². The summed E-state index contributed by atoms with van der Waals surface area (Å²) >= 11 is 0. The smallest absolute Gasteiger partial charge is 0.726 e. The fraction of sp³-hybridized carbons (Fsp3) is 0.958. The molecule has 0 atom stereocenters. The van der Waals surface area contributed by atoms with E-state index in [1.807, 2.05) is 0 Å². The summed E-state index contributed by atoms with van der Waals surface area (Å²) in [6, 6.07) is 0. The van der Waals surface area contributed by atoms with Crippen LogP contribution in [0.1, 0.15) is 142 Å². The fourth-order valence-electron chi connectivity index (χ4n) is 3.49. The van der Waals surface area contributed by atoms with Gasteiger partial charge in [-0.25, -0.2) is 16.8 Å². The van der Waals surface area contributed by atoms with E-state index < -0.39 is 26.8 Å². The molecule has 212 valence electrons. The third kappa shape index (κ3) is 47.4. The molecule has 0 radical (unpaired) electrons. The van der Waals surface area contributed by atoms with E-state index in [-0.39, 0.29) is 72.1 Å². The van der Waals surface area contributed by atoms with Crippen LogP contribution in [0.15, 0.2) is 0 Å². The van der Waals surface area contributed by atoms with Gasteiger partial charge in [-0.15, -0.1) is 0 Å². The molecular weight excluding hydrogens is 542 g/mol. The molecule has 0 aliphatic heterocycles. The first kappa shape index (κ1) is 45.2. The van der Waals surface area contributed by atoms with Crippen LogP contribution >= 0.6 is 0 Å². The quantitative estimate of drug-likeness (QED) is 0.0709. The van der Waals surface area contributed by atoms with Crippen molar-refractivity contribution in [1.82, 2.24) is 0 Å². The zero-order valence-corrected chi connectivity index (χ0v) is 29.5. The third-order valence-corrected chi connectivity index (χ3v) is 6.25. The predicted octanol–water partition coefficient (Wildman–Crippen LogP) is 0.303. The summed E-state index contributed by atoms with van der Waals surface area (Å²) in [5.41, 5.74) is 0. The van der Waals surface area contributed by atoms with Crippen LogP contribution in [0.3, 0.4) is 0 Å². The predicted molar refractivity (Wildman–Crippen MR) is 135 cm³/mol. The first-order valence-electron chi connectivity index (χ1n) is 13.3. The number of unbranched alkanes of at least 4 members (excludes halogenated alkanes) is 17. The Balaban J connectivity index is -0.000000280. The molecule has 37 heavy (non-hydrogen) atoms. The summed E-state index contributed by atoms with van der Waals surface area (Å²) in [6.07, 6.45) is 21.6. The molecule has 13 heteroatoms. The zero-order valence-electron chi connectivity index (χ0n) is 23.8. The molecule has 0 amide bonds. The van der Waals surface area contributed by atoms with Crippen molar-refractivity contribution < 1.29 is 98.2 Å². The Morgan fingerprint density at radius 1 is 0.541 bits per heavy atom. The molecule has 0 bridgehead atoms. The summed E-state index contributed by atoms with van der Waals surface area (Å²) in [7, 11) is -9.37. The van der Waals surface area contributed by atoms with Gasteiger partial charge in [-0.2, -0.15) is 0 Å². The molecule has 0 N–H and O–H groups in total. The van der Waals surface area contributed by atoms with Crippen LogP contribution in [0, 0.1) is 0 Å². The van der Waals surface area contributed by atoms with E-state index in [1.54, 1.807) is 0 Å². The SMILES string of the molecule is CCCCCCCCCCCC(=O)OS(=O)(=O)[O-].CCCCCCCCCCCCOS(=O)(=O)[O-].[Na+].[Na+]. The summed E-state index contributed by atoms with van der Waals surface area (Å²) in [6.45, 7) is 4.42. The maximum absolute atomic E-state index is 10.9. The van der Waals surface area contributed by atoms with Gasteiger partial charge in [-0.3, -0.25) is 8.98 Å². The molecule has 0 unspecified atom stereocenters. The first-order valence-corrected chi connectivity index (χ1v) is 16.0. The van der Waals surface area contributed by atoms with Gasteiger partial charge in [0.15, 0.2) is 0 Å². The van der Waals surface area contributed by atoms with Gasteiger partial charge in [0.25, 0.3) is 10.4 Å². The van der Waals surface area contributed by atoms with Crippen LogP contribution in [0.25, 0.3) is 0 Å². The maximum atomic E-state index is 10.9. The van der Waals surface area contributed by atoms with Crippen molar-refractivity contribution in [2.75, 3.05) is 6.61 Å². The monoisotopic (exact) mass is 590 g/mol. The largest absolute Gasteiger partial charge is 1.00 e. The minimum absolute atomic E-state index is 0. The Hall–Kier alpha value is 1.25. The van der Waals surface area contributed by atoms with Crippen LogP contribution in [0.5, 0.6) is 0 Å². The zero-order chi connectivity index (χ0) is 26.8. The number of carbonyl (C=O) groups is 1. The summed E-state index contributed by atoms with van der Waals surface area (Å²) in [4.78, 5) is 10.9. The third-order valence-electron chi connectivity index (χ3n) is 5.41. The number of rotatable bonds is 23. The minimum Gasteiger partial charge on any atom is -0.726 e. The van der Waals surface area contributed by atoms with Gasteiger partial charge in [0.1, 0.15) is 0 Å². The first-order chi connectivity index (χ1) is 16.5. The van der Waals surface area contributed by atoms with Gasteiger partial charge in [0.2, 0.25) is 10.4 Å². The molecule has 9 nitrogen and oxygen atoms in total. The molecule has 0 fully saturated rings. The Morgan fingerprint density at radius 2 is 0.865 bits per heavy atom. The second-order valence-corrected chi connectivity index (χ2v) is 10.9. The van der Waals surface area contributed by atoms with Gasteiger partial charge in [-0.1, -0.05) is 123 Å². The minimum atomic E-state index is -4.88. The molecule has 0 saturated heterocycles. The van der Waals surface area contributed by atoms with E-state index in [2.05, 4.69) is 22.2 Å². The molecular formula is C24H48Na2O9S2. The summed E-state index contributed by atoms with van der Waals surface area (Å²) in [5.74, 6) is -0.951. The molecule has 0 aliphatic rings. The molecule has 0 aromatic carbocycles. The standard InChI is InChI=1S/C12H24O5S.C12H26O4S.2Na/c1-2-3-4-5-6-7-8-9-10-11-12(13)17-18(14,15)16;1-2-3-4-5-6-7-8-9-10-11-12-16-17(13,14)15;;/h2-11H2,1H3,(H,14,15,16);2-12H2,1H3,(H,13,14,15);;/q;;2*+1/p-2. The van der Waals surface area contributed by atoms with Crippen molar-refractivity contribution >= 4 is 26.8 Å². The van der Waals surface area contributed by atoms with E-state index in [0.717, 1.165) is 32.1 Å². The second-order valence-electron chi connectivity index (χ2n) is 8.85. The van der Waals surface area contributed by atoms with E-state index in [0.29, 0.717) is 12.8 Å². The van der Waals surface area contributed by atoms with Crippen molar-refractivity contribution in [2.24, 2.45) is 0 Å². The van der Waals surface area contributed by atoms with E-state index in [1.165, 1.54) is 77.0 Å². The molecule has 0 aromatic heterocycles. The normalized spacial score (nSPS) is 11.0. The van der Waals surface area contributed by atoms with Crippen molar-refractivity contribution in [3.8, 4) is 0 Å². The van der Waals surface area contributed by atoms with Crippen molar-refractivity contribution in [2.45, 2.75) is 142 Å². The van der Waals surface area contributed by atoms with E-state index in [9.17, 15) is 30.7 Å². The molecule has 0 saturated carbocycles. The number of hydrogen-bond acceptors (Lipinski definition) is 9. The van der Waals surface area contributed by atoms with Crippen molar-refractivity contribution in [1.29, 1.82) is 0 Å². The van der Waals surface area contributed by atoms with Crippen molar-refractivity contribution in [3.63, 3.8) is 0 Å². The van der Waals surface area contributed by atoms with Gasteiger partial charge < -0.3 is 13.3 Å². The second kappa shape index (κ2) is 31.8. The average molecular weight is 591 g/mol. The Bertz CT molecular complexity index is 688. The van der Waals surface area contributed by atoms with Crippen molar-refractivity contribution in [3.05, 3.63) is 0 Å². The molecule has 0 spiro atoms. The van der Waals surface area contributed by atoms with Gasteiger partial charge in [0.05, 0.1) is 6.61 Å². The van der Waals surface area contributed by atoms with Gasteiger partial charge in [-0.05, 0) is 12.8 Å². The maximum Gasteiger partial charge on any atom is 1.00 e. The number of carbonyl (C=O) groups excluding carboxylic acids is 1. The Labute approximate surface area is 271 Å². The summed E-state index contributed by atoms with van der Waals surface area (Å²) in [5, 5.41) is 0. The van der Waals surface area contributed by atoms with Crippen LogP contribution in [0.2, 0.25) is 0 Å². The van der Waals surface area contributed by atoms with Crippen LogP contribution in [0.4, 0.5) is 0 Å². The molecule has 0 aliphatic carbocycles. The van der Waals surface area contributed by atoms with Crippen LogP contribution < -0.4 is 59.1 Å². The topological polar surface area (TPSA) is 150 Å². The Morgan fingerprint density at radius 3 is 1.19 bits per heavy atom. The average Bonchev–Trinajstić information content (AvgIpc) is 2.75. The molecule has 0 heterocycles. The van der Waals surface area contributed by atoms with Gasteiger partial charge >= 0.3 is 65.1 Å². The summed E-state index contributed by atoms with van der Waals surface area (Å²) < 4.78 is 68.5. The Kier molecular flexibility index (Phi) is 38.9. The number of hydrogen-bond donors (Lipinski definition) is 0. The molecule has 0 aromatic rings. The van der Waals surface area contributed by atoms with Crippen LogP contribution in [-0.2, 0) is 34.0 Å². The van der Waals surface area contributed by atoms with E-state index in [4.69, 9.17) is 0 Å². The molecule has 0 rings (SSSR count). The van der Waals surface area contributed by atoms with Crippen LogP contribution in [-0.4, -0.2) is 38.5 Å². The van der Waals surface area contributed by atoms with E-state index >= 15 is 0 Å². The fourth-order valence-corrected chi connectivity index (χ4v) is 4.12.